The molecule has 0 bridgehead atoms. The van der Waals surface area contributed by atoms with Crippen LogP contribution in [0, 0.1) is 0 Å². The second-order valence-electron chi connectivity index (χ2n) is 6.24. The number of fused-ring (bicyclic) bond motifs is 1. The molecule has 1 N–H and O–H groups in total. The van der Waals surface area contributed by atoms with Crippen LogP contribution < -0.4 is 10.1 Å². The van der Waals surface area contributed by atoms with Crippen molar-refractivity contribution in [3.05, 3.63) is 42.1 Å². The Morgan fingerprint density at radius 3 is 2.79 bits per heavy atom. The molecule has 5 nitrogen and oxygen atoms in total. The summed E-state index contributed by atoms with van der Waals surface area (Å²) in [5.41, 5.74) is 3.65. The Bertz CT molecular complexity index is 682. The average molecular weight is 325 g/mol. The number of hydrogen-bond donors (Lipinski definition) is 1. The van der Waals surface area contributed by atoms with Crippen molar-refractivity contribution in [3.8, 4) is 16.9 Å². The average Bonchev–Trinajstić information content (AvgIpc) is 3.11. The van der Waals surface area contributed by atoms with Gasteiger partial charge in [0.2, 0.25) is 0 Å². The molecular weight excluding hydrogens is 302 g/mol. The van der Waals surface area contributed by atoms with E-state index in [0.717, 1.165) is 62.9 Å². The first-order chi connectivity index (χ1) is 11.9. The van der Waals surface area contributed by atoms with Gasteiger partial charge in [-0.05, 0) is 35.7 Å². The van der Waals surface area contributed by atoms with E-state index in [1.807, 2.05) is 18.3 Å². The zero-order chi connectivity index (χ0) is 16.2. The number of morpholine rings is 1. The second kappa shape index (κ2) is 7.20. The van der Waals surface area contributed by atoms with Crippen LogP contribution in [0.4, 0.5) is 5.82 Å². The standard InChI is InChI=1S/C19H23N3O2/c1-3-18(24-12-9-22-7-10-23-11-8-22)4-2-15(1)17-13-16-5-6-20-19(16)21-14-17/h1-4,13-14H,5-12H2,(H,20,21). The van der Waals surface area contributed by atoms with Crippen LogP contribution in [-0.2, 0) is 11.2 Å². The highest BCUT2D eigenvalue weighted by Gasteiger charge is 2.12. The van der Waals surface area contributed by atoms with Gasteiger partial charge in [0.25, 0.3) is 0 Å². The summed E-state index contributed by atoms with van der Waals surface area (Å²) >= 11 is 0. The largest absolute Gasteiger partial charge is 0.492 e. The third-order valence-corrected chi connectivity index (χ3v) is 4.62. The van der Waals surface area contributed by atoms with E-state index in [-0.39, 0.29) is 0 Å². The summed E-state index contributed by atoms with van der Waals surface area (Å²) in [6.07, 6.45) is 2.99. The van der Waals surface area contributed by atoms with Crippen LogP contribution in [0.15, 0.2) is 36.5 Å². The van der Waals surface area contributed by atoms with Crippen molar-refractivity contribution < 1.29 is 9.47 Å². The van der Waals surface area contributed by atoms with Gasteiger partial charge in [-0.1, -0.05) is 12.1 Å². The molecule has 3 heterocycles. The predicted molar refractivity (Wildman–Crippen MR) is 94.6 cm³/mol. The SMILES string of the molecule is c1cc(-c2cnc3c(c2)CCN3)ccc1OCCN1CCOCC1. The Morgan fingerprint density at radius 2 is 1.96 bits per heavy atom. The molecular formula is C19H23N3O2. The number of aromatic nitrogens is 1. The fourth-order valence-corrected chi connectivity index (χ4v) is 3.19. The number of nitrogens with zero attached hydrogens (tertiary/aromatic N) is 2. The van der Waals surface area contributed by atoms with Crippen molar-refractivity contribution in [2.45, 2.75) is 6.42 Å². The van der Waals surface area contributed by atoms with Gasteiger partial charge in [0.05, 0.1) is 13.2 Å². The van der Waals surface area contributed by atoms with Crippen molar-refractivity contribution >= 4 is 5.82 Å². The maximum Gasteiger partial charge on any atom is 0.129 e. The highest BCUT2D eigenvalue weighted by molar-refractivity contribution is 5.67. The van der Waals surface area contributed by atoms with Crippen LogP contribution in [0.2, 0.25) is 0 Å². The molecule has 24 heavy (non-hydrogen) atoms. The van der Waals surface area contributed by atoms with Gasteiger partial charge in [0.15, 0.2) is 0 Å². The van der Waals surface area contributed by atoms with Crippen molar-refractivity contribution in [2.75, 3.05) is 51.3 Å². The minimum atomic E-state index is 0.714. The van der Waals surface area contributed by atoms with Gasteiger partial charge in [-0.15, -0.1) is 0 Å². The van der Waals surface area contributed by atoms with E-state index in [2.05, 4.69) is 33.4 Å². The number of ether oxygens (including phenoxy) is 2. The number of hydrogen-bond acceptors (Lipinski definition) is 5. The monoisotopic (exact) mass is 325 g/mol. The Labute approximate surface area is 142 Å². The first-order valence-corrected chi connectivity index (χ1v) is 8.65. The molecule has 1 fully saturated rings. The van der Waals surface area contributed by atoms with E-state index in [4.69, 9.17) is 9.47 Å². The lowest BCUT2D eigenvalue weighted by Gasteiger charge is -2.26. The lowest BCUT2D eigenvalue weighted by Crippen LogP contribution is -2.38. The van der Waals surface area contributed by atoms with Crippen molar-refractivity contribution in [1.82, 2.24) is 9.88 Å². The van der Waals surface area contributed by atoms with Gasteiger partial charge in [0.1, 0.15) is 18.2 Å². The highest BCUT2D eigenvalue weighted by atomic mass is 16.5. The molecule has 1 aromatic carbocycles. The second-order valence-corrected chi connectivity index (χ2v) is 6.24. The first-order valence-electron chi connectivity index (χ1n) is 8.65. The minimum Gasteiger partial charge on any atom is -0.492 e. The van der Waals surface area contributed by atoms with E-state index in [0.29, 0.717) is 6.61 Å². The fourth-order valence-electron chi connectivity index (χ4n) is 3.19. The molecule has 0 unspecified atom stereocenters. The molecule has 2 aliphatic rings. The summed E-state index contributed by atoms with van der Waals surface area (Å²) in [4.78, 5) is 6.88. The number of rotatable bonds is 5. The van der Waals surface area contributed by atoms with E-state index in [9.17, 15) is 0 Å². The molecule has 0 aliphatic carbocycles. The molecule has 0 saturated carbocycles. The summed E-state index contributed by atoms with van der Waals surface area (Å²) in [5, 5.41) is 3.30. The molecule has 2 aromatic rings. The first kappa shape index (κ1) is 15.4. The lowest BCUT2D eigenvalue weighted by atomic mass is 10.1. The van der Waals surface area contributed by atoms with Crippen molar-refractivity contribution in [1.29, 1.82) is 0 Å². The highest BCUT2D eigenvalue weighted by Crippen LogP contribution is 2.27. The zero-order valence-corrected chi connectivity index (χ0v) is 13.8. The smallest absolute Gasteiger partial charge is 0.129 e. The normalized spacial score (nSPS) is 17.3. The van der Waals surface area contributed by atoms with Crippen molar-refractivity contribution in [3.63, 3.8) is 0 Å². The molecule has 0 atom stereocenters. The Kier molecular flexibility index (Phi) is 4.62. The van der Waals surface area contributed by atoms with Crippen LogP contribution in [0.1, 0.15) is 5.56 Å². The fraction of sp³-hybridized carbons (Fsp3) is 0.421. The van der Waals surface area contributed by atoms with Crippen LogP contribution in [0.5, 0.6) is 5.75 Å². The summed E-state index contributed by atoms with van der Waals surface area (Å²) in [5.74, 6) is 1.95. The maximum atomic E-state index is 5.87. The van der Waals surface area contributed by atoms with Gasteiger partial charge >= 0.3 is 0 Å². The Morgan fingerprint density at radius 1 is 1.12 bits per heavy atom. The number of pyridine rings is 1. The van der Waals surface area contributed by atoms with Gasteiger partial charge in [-0.25, -0.2) is 4.98 Å². The predicted octanol–water partition coefficient (Wildman–Crippen LogP) is 2.43. The molecule has 1 aromatic heterocycles. The third kappa shape index (κ3) is 3.52. The lowest BCUT2D eigenvalue weighted by molar-refractivity contribution is 0.0322. The quantitative estimate of drug-likeness (QED) is 0.915. The van der Waals surface area contributed by atoms with Crippen LogP contribution in [-0.4, -0.2) is 55.9 Å². The van der Waals surface area contributed by atoms with E-state index < -0.39 is 0 Å². The van der Waals surface area contributed by atoms with E-state index in [1.54, 1.807) is 0 Å². The number of benzene rings is 1. The Balaban J connectivity index is 1.34. The molecule has 0 amide bonds. The van der Waals surface area contributed by atoms with Crippen molar-refractivity contribution in [2.24, 2.45) is 0 Å². The summed E-state index contributed by atoms with van der Waals surface area (Å²) in [6, 6.07) is 10.5. The minimum absolute atomic E-state index is 0.714. The molecule has 126 valence electrons. The molecule has 1 saturated heterocycles. The number of nitrogens with one attached hydrogen (secondary N) is 1. The topological polar surface area (TPSA) is 46.6 Å². The van der Waals surface area contributed by atoms with Crippen LogP contribution in [0.25, 0.3) is 11.1 Å². The van der Waals surface area contributed by atoms with Gasteiger partial charge in [-0.2, -0.15) is 0 Å². The molecule has 4 rings (SSSR count). The van der Waals surface area contributed by atoms with E-state index >= 15 is 0 Å². The van der Waals surface area contributed by atoms with Gasteiger partial charge in [0, 0.05) is 37.9 Å². The summed E-state index contributed by atoms with van der Waals surface area (Å²) < 4.78 is 11.2. The molecule has 5 heteroatoms. The summed E-state index contributed by atoms with van der Waals surface area (Å²) in [6.45, 7) is 6.32. The van der Waals surface area contributed by atoms with Gasteiger partial charge < -0.3 is 14.8 Å². The molecule has 2 aliphatic heterocycles. The number of anilines is 1. The van der Waals surface area contributed by atoms with Crippen LogP contribution >= 0.6 is 0 Å². The van der Waals surface area contributed by atoms with Crippen LogP contribution in [0.3, 0.4) is 0 Å². The maximum absolute atomic E-state index is 5.87. The van der Waals surface area contributed by atoms with Gasteiger partial charge in [-0.3, -0.25) is 4.90 Å². The molecule has 0 spiro atoms. The Hall–Kier alpha value is -2.11. The summed E-state index contributed by atoms with van der Waals surface area (Å²) in [7, 11) is 0. The third-order valence-electron chi connectivity index (χ3n) is 4.62. The zero-order valence-electron chi connectivity index (χ0n) is 13.8. The van der Waals surface area contributed by atoms with E-state index in [1.165, 1.54) is 11.1 Å². The molecule has 0 radical (unpaired) electrons.